The number of amides is 1. The van der Waals surface area contributed by atoms with Crippen LogP contribution >= 0.6 is 22.9 Å². The third kappa shape index (κ3) is 5.62. The molecule has 212 valence electrons. The summed E-state index contributed by atoms with van der Waals surface area (Å²) in [6.45, 7) is 0.659. The van der Waals surface area contributed by atoms with E-state index in [9.17, 15) is 32.3 Å². The molecule has 1 aliphatic rings. The fourth-order valence-corrected chi connectivity index (χ4v) is 5.88. The van der Waals surface area contributed by atoms with Crippen molar-refractivity contribution in [2.24, 2.45) is 0 Å². The van der Waals surface area contributed by atoms with Crippen LogP contribution in [0.4, 0.5) is 28.5 Å². The lowest BCUT2D eigenvalue weighted by atomic mass is 9.74. The van der Waals surface area contributed by atoms with Crippen LogP contribution in [-0.2, 0) is 16.4 Å². The standard InChI is InChI=1S/C28H21ClF4N4O3S/c29-20-12-16(13-34-23(20)37-11-5-10-27(15-37,25(39)40)17-6-2-1-3-7-17)24(38)36-26-35-21(14-41-26)18-8-4-9-19(22(18)30)28(31,32)33/h1-4,6-9,12-14H,5,10-11,15H2,(H,39,40)(H,35,36,38). The van der Waals surface area contributed by atoms with Crippen LogP contribution in [-0.4, -0.2) is 40.0 Å². The number of rotatable bonds is 6. The van der Waals surface area contributed by atoms with Gasteiger partial charge in [-0.2, -0.15) is 13.2 Å². The van der Waals surface area contributed by atoms with E-state index in [2.05, 4.69) is 15.3 Å². The molecule has 2 aromatic heterocycles. The van der Waals surface area contributed by atoms with Crippen molar-refractivity contribution in [1.29, 1.82) is 0 Å². The van der Waals surface area contributed by atoms with Crippen molar-refractivity contribution in [3.8, 4) is 11.3 Å². The zero-order chi connectivity index (χ0) is 29.4. The second kappa shape index (κ2) is 11.1. The number of nitrogens with zero attached hydrogens (tertiary/aromatic N) is 3. The Hall–Kier alpha value is -4.03. The van der Waals surface area contributed by atoms with Crippen molar-refractivity contribution >= 4 is 45.8 Å². The van der Waals surface area contributed by atoms with Gasteiger partial charge in [0.2, 0.25) is 0 Å². The number of carbonyl (C=O) groups is 2. The number of thiazole rings is 1. The van der Waals surface area contributed by atoms with Gasteiger partial charge in [-0.3, -0.25) is 14.9 Å². The summed E-state index contributed by atoms with van der Waals surface area (Å²) in [6.07, 6.45) is -2.55. The minimum Gasteiger partial charge on any atom is -0.481 e. The van der Waals surface area contributed by atoms with Crippen molar-refractivity contribution in [3.63, 3.8) is 0 Å². The van der Waals surface area contributed by atoms with Crippen LogP contribution in [0.1, 0.15) is 34.3 Å². The first-order valence-corrected chi connectivity index (χ1v) is 13.6. The zero-order valence-corrected chi connectivity index (χ0v) is 22.7. The first-order chi connectivity index (χ1) is 19.5. The fraction of sp³-hybridized carbons (Fsp3) is 0.214. The first kappa shape index (κ1) is 28.5. The normalized spacial score (nSPS) is 17.3. The number of carboxylic acids is 1. The number of carbonyl (C=O) groups excluding carboxylic acids is 1. The Bertz CT molecular complexity index is 1620. The van der Waals surface area contributed by atoms with Gasteiger partial charge in [0.25, 0.3) is 5.91 Å². The first-order valence-electron chi connectivity index (χ1n) is 12.3. The van der Waals surface area contributed by atoms with Gasteiger partial charge < -0.3 is 10.0 Å². The number of carboxylic acid groups (broad SMARTS) is 1. The smallest absolute Gasteiger partial charge is 0.419 e. The van der Waals surface area contributed by atoms with Crippen LogP contribution in [0.25, 0.3) is 11.3 Å². The topological polar surface area (TPSA) is 95.4 Å². The van der Waals surface area contributed by atoms with Gasteiger partial charge in [-0.05, 0) is 36.6 Å². The Morgan fingerprint density at radius 3 is 2.56 bits per heavy atom. The summed E-state index contributed by atoms with van der Waals surface area (Å²) >= 11 is 7.42. The predicted molar refractivity (Wildman–Crippen MR) is 147 cm³/mol. The van der Waals surface area contributed by atoms with Crippen LogP contribution in [0.15, 0.2) is 66.2 Å². The molecule has 41 heavy (non-hydrogen) atoms. The van der Waals surface area contributed by atoms with Gasteiger partial charge in [-0.25, -0.2) is 14.4 Å². The number of hydrogen-bond donors (Lipinski definition) is 2. The van der Waals surface area contributed by atoms with Gasteiger partial charge in [-0.1, -0.05) is 48.0 Å². The molecule has 13 heteroatoms. The molecule has 1 fully saturated rings. The van der Waals surface area contributed by atoms with E-state index >= 15 is 0 Å². The summed E-state index contributed by atoms with van der Waals surface area (Å²) in [5.74, 6) is -2.71. The number of benzene rings is 2. The average Bonchev–Trinajstić information content (AvgIpc) is 3.41. The van der Waals surface area contributed by atoms with E-state index in [1.807, 2.05) is 6.07 Å². The van der Waals surface area contributed by atoms with E-state index in [4.69, 9.17) is 11.6 Å². The van der Waals surface area contributed by atoms with Crippen LogP contribution in [0.3, 0.4) is 0 Å². The highest BCUT2D eigenvalue weighted by Gasteiger charge is 2.44. The molecule has 2 aromatic carbocycles. The summed E-state index contributed by atoms with van der Waals surface area (Å²) in [4.78, 5) is 35.5. The Morgan fingerprint density at radius 2 is 1.88 bits per heavy atom. The number of pyridine rings is 1. The molecule has 1 atom stereocenters. The molecular weight excluding hydrogens is 584 g/mol. The van der Waals surface area contributed by atoms with Crippen molar-refractivity contribution in [1.82, 2.24) is 9.97 Å². The van der Waals surface area contributed by atoms with Crippen molar-refractivity contribution < 1.29 is 32.3 Å². The van der Waals surface area contributed by atoms with E-state index in [-0.39, 0.29) is 33.5 Å². The number of hydrogen-bond acceptors (Lipinski definition) is 6. The molecule has 0 radical (unpaired) electrons. The zero-order valence-electron chi connectivity index (χ0n) is 21.1. The number of aliphatic carboxylic acids is 1. The summed E-state index contributed by atoms with van der Waals surface area (Å²) in [5, 5.41) is 14.2. The maximum Gasteiger partial charge on any atom is 0.419 e. The summed E-state index contributed by atoms with van der Waals surface area (Å²) in [6, 6.07) is 13.2. The van der Waals surface area contributed by atoms with Gasteiger partial charge in [0.1, 0.15) is 17.1 Å². The lowest BCUT2D eigenvalue weighted by molar-refractivity contribution is -0.144. The Balaban J connectivity index is 1.33. The molecule has 0 saturated carbocycles. The molecule has 4 aromatic rings. The molecule has 0 spiro atoms. The quantitative estimate of drug-likeness (QED) is 0.233. The van der Waals surface area contributed by atoms with E-state index in [1.165, 1.54) is 23.7 Å². The Kier molecular flexibility index (Phi) is 7.71. The van der Waals surface area contributed by atoms with Crippen LogP contribution in [0, 0.1) is 5.82 Å². The van der Waals surface area contributed by atoms with E-state index in [0.717, 1.165) is 17.4 Å². The van der Waals surface area contributed by atoms with Gasteiger partial charge in [0.15, 0.2) is 5.13 Å². The SMILES string of the molecule is O=C(Nc1nc(-c2cccc(C(F)(F)F)c2F)cs1)c1cnc(N2CCCC(C(=O)O)(c3ccccc3)C2)c(Cl)c1. The molecule has 1 unspecified atom stereocenters. The third-order valence-corrected chi connectivity index (χ3v) is 7.95. The molecular formula is C28H21ClF4N4O3S. The van der Waals surface area contributed by atoms with Crippen molar-refractivity contribution in [2.75, 3.05) is 23.3 Å². The molecule has 7 nitrogen and oxygen atoms in total. The van der Waals surface area contributed by atoms with Gasteiger partial charge in [0.05, 0.1) is 21.8 Å². The molecule has 3 heterocycles. The highest BCUT2D eigenvalue weighted by Crippen LogP contribution is 2.39. The molecule has 1 aliphatic heterocycles. The van der Waals surface area contributed by atoms with E-state index < -0.39 is 34.8 Å². The van der Waals surface area contributed by atoms with Crippen molar-refractivity contribution in [3.05, 3.63) is 93.7 Å². The monoisotopic (exact) mass is 604 g/mol. The third-order valence-electron chi connectivity index (χ3n) is 6.92. The van der Waals surface area contributed by atoms with Gasteiger partial charge in [0, 0.05) is 30.2 Å². The Morgan fingerprint density at radius 1 is 1.12 bits per heavy atom. The number of piperidine rings is 1. The highest BCUT2D eigenvalue weighted by atomic mass is 35.5. The molecule has 0 aliphatic carbocycles. The minimum atomic E-state index is -4.86. The van der Waals surface area contributed by atoms with Gasteiger partial charge in [-0.15, -0.1) is 11.3 Å². The maximum absolute atomic E-state index is 14.5. The largest absolute Gasteiger partial charge is 0.481 e. The van der Waals surface area contributed by atoms with E-state index in [1.54, 1.807) is 29.2 Å². The molecule has 2 N–H and O–H groups in total. The number of anilines is 2. The van der Waals surface area contributed by atoms with Crippen LogP contribution in [0.2, 0.25) is 5.02 Å². The van der Waals surface area contributed by atoms with Crippen LogP contribution in [0.5, 0.6) is 0 Å². The molecule has 1 amide bonds. The Labute approximate surface area is 240 Å². The average molecular weight is 605 g/mol. The highest BCUT2D eigenvalue weighted by molar-refractivity contribution is 7.14. The minimum absolute atomic E-state index is 0.0344. The second-order valence-electron chi connectivity index (χ2n) is 9.46. The molecule has 1 saturated heterocycles. The van der Waals surface area contributed by atoms with Gasteiger partial charge >= 0.3 is 12.1 Å². The maximum atomic E-state index is 14.5. The lowest BCUT2D eigenvalue weighted by Gasteiger charge is -2.41. The number of nitrogens with one attached hydrogen (secondary N) is 1. The number of alkyl halides is 3. The summed E-state index contributed by atoms with van der Waals surface area (Å²) < 4.78 is 53.8. The molecule has 0 bridgehead atoms. The van der Waals surface area contributed by atoms with Crippen LogP contribution < -0.4 is 10.2 Å². The predicted octanol–water partition coefficient (Wildman–Crippen LogP) is 6.89. The second-order valence-corrected chi connectivity index (χ2v) is 10.7. The lowest BCUT2D eigenvalue weighted by Crippen LogP contribution is -2.51. The number of aromatic nitrogens is 2. The van der Waals surface area contributed by atoms with Crippen molar-refractivity contribution in [2.45, 2.75) is 24.4 Å². The summed E-state index contributed by atoms with van der Waals surface area (Å²) in [7, 11) is 0. The fourth-order valence-electron chi connectivity index (χ4n) is 4.89. The van der Waals surface area contributed by atoms with E-state index in [0.29, 0.717) is 36.8 Å². The summed E-state index contributed by atoms with van der Waals surface area (Å²) in [5.41, 5.74) is -2.22. The number of halogens is 5. The molecule has 5 rings (SSSR count).